The first-order valence-corrected chi connectivity index (χ1v) is 4.04. The lowest BCUT2D eigenvalue weighted by Crippen LogP contribution is -2.02. The van der Waals surface area contributed by atoms with E-state index in [1.807, 2.05) is 0 Å². The minimum atomic E-state index is 0.370. The van der Waals surface area contributed by atoms with Crippen molar-refractivity contribution in [1.82, 2.24) is 0 Å². The highest BCUT2D eigenvalue weighted by molar-refractivity contribution is 4.79. The Morgan fingerprint density at radius 2 is 2.00 bits per heavy atom. The molecule has 0 heterocycles. The fourth-order valence-corrected chi connectivity index (χ4v) is 0.656. The van der Waals surface area contributed by atoms with E-state index in [2.05, 4.69) is 32.9 Å². The van der Waals surface area contributed by atoms with Crippen molar-refractivity contribution < 1.29 is 4.74 Å². The quantitative estimate of drug-likeness (QED) is 0.423. The first-order chi connectivity index (χ1) is 4.77. The lowest BCUT2D eigenvalue weighted by Gasteiger charge is -2.03. The van der Waals surface area contributed by atoms with Crippen molar-refractivity contribution in [3.8, 4) is 0 Å². The zero-order valence-corrected chi connectivity index (χ0v) is 7.26. The van der Waals surface area contributed by atoms with Crippen LogP contribution in [0, 0.1) is 0 Å². The topological polar surface area (TPSA) is 9.23 Å². The molecule has 0 amide bonds. The van der Waals surface area contributed by atoms with Crippen LogP contribution >= 0.6 is 0 Å². The standard InChI is InChI=1S/C9H18O/c1-4-5-6-7-8-10-9(2)3/h5-6,9H,4,7-8H2,1-3H3/b6-5+. The molecule has 60 valence electrons. The lowest BCUT2D eigenvalue weighted by molar-refractivity contribution is 0.0825. The smallest absolute Gasteiger partial charge is 0.0519 e. The van der Waals surface area contributed by atoms with E-state index in [0.29, 0.717) is 6.10 Å². The summed E-state index contributed by atoms with van der Waals surface area (Å²) in [5.41, 5.74) is 0. The average Bonchev–Trinajstić information content (AvgIpc) is 1.87. The van der Waals surface area contributed by atoms with Crippen molar-refractivity contribution in [3.63, 3.8) is 0 Å². The largest absolute Gasteiger partial charge is 0.378 e. The monoisotopic (exact) mass is 142 g/mol. The van der Waals surface area contributed by atoms with Crippen molar-refractivity contribution in [3.05, 3.63) is 12.2 Å². The van der Waals surface area contributed by atoms with Crippen molar-refractivity contribution in [2.24, 2.45) is 0 Å². The van der Waals surface area contributed by atoms with Crippen LogP contribution < -0.4 is 0 Å². The Morgan fingerprint density at radius 1 is 1.30 bits per heavy atom. The third kappa shape index (κ3) is 7.70. The highest BCUT2D eigenvalue weighted by atomic mass is 16.5. The van der Waals surface area contributed by atoms with Crippen LogP contribution in [-0.4, -0.2) is 12.7 Å². The van der Waals surface area contributed by atoms with Crippen LogP contribution in [-0.2, 0) is 4.74 Å². The van der Waals surface area contributed by atoms with Crippen LogP contribution in [0.15, 0.2) is 12.2 Å². The number of rotatable bonds is 5. The Kier molecular flexibility index (Phi) is 6.61. The molecule has 0 aliphatic heterocycles. The maximum atomic E-state index is 5.34. The minimum Gasteiger partial charge on any atom is -0.378 e. The molecule has 10 heavy (non-hydrogen) atoms. The van der Waals surface area contributed by atoms with Gasteiger partial charge < -0.3 is 4.74 Å². The highest BCUT2D eigenvalue weighted by Gasteiger charge is 1.88. The maximum Gasteiger partial charge on any atom is 0.0519 e. The molecule has 0 radical (unpaired) electrons. The molecular weight excluding hydrogens is 124 g/mol. The van der Waals surface area contributed by atoms with Crippen molar-refractivity contribution in [1.29, 1.82) is 0 Å². The molecule has 0 aliphatic rings. The van der Waals surface area contributed by atoms with Gasteiger partial charge in [-0.15, -0.1) is 0 Å². The van der Waals surface area contributed by atoms with Gasteiger partial charge in [-0.3, -0.25) is 0 Å². The van der Waals surface area contributed by atoms with Gasteiger partial charge in [0.1, 0.15) is 0 Å². The number of ether oxygens (including phenoxy) is 1. The number of hydrogen-bond acceptors (Lipinski definition) is 1. The van der Waals surface area contributed by atoms with Gasteiger partial charge in [0.2, 0.25) is 0 Å². The van der Waals surface area contributed by atoms with E-state index >= 15 is 0 Å². The molecule has 0 aromatic carbocycles. The third-order valence-electron chi connectivity index (χ3n) is 1.14. The van der Waals surface area contributed by atoms with E-state index in [0.717, 1.165) is 19.4 Å². The van der Waals surface area contributed by atoms with E-state index in [1.54, 1.807) is 0 Å². The zero-order chi connectivity index (χ0) is 7.82. The van der Waals surface area contributed by atoms with E-state index in [1.165, 1.54) is 0 Å². The summed E-state index contributed by atoms with van der Waals surface area (Å²) in [7, 11) is 0. The first-order valence-electron chi connectivity index (χ1n) is 4.04. The van der Waals surface area contributed by atoms with Crippen molar-refractivity contribution in [2.75, 3.05) is 6.61 Å². The van der Waals surface area contributed by atoms with Gasteiger partial charge in [-0.2, -0.15) is 0 Å². The number of allylic oxidation sites excluding steroid dienone is 1. The predicted octanol–water partition coefficient (Wildman–Crippen LogP) is 2.77. The average molecular weight is 142 g/mol. The molecule has 0 atom stereocenters. The summed E-state index contributed by atoms with van der Waals surface area (Å²) in [4.78, 5) is 0. The molecule has 0 aliphatic carbocycles. The van der Waals surface area contributed by atoms with Gasteiger partial charge in [0.05, 0.1) is 12.7 Å². The molecule has 1 heteroatoms. The Hall–Kier alpha value is -0.300. The van der Waals surface area contributed by atoms with Crippen LogP contribution in [0.2, 0.25) is 0 Å². The zero-order valence-electron chi connectivity index (χ0n) is 7.26. The fourth-order valence-electron chi connectivity index (χ4n) is 0.656. The summed E-state index contributed by atoms with van der Waals surface area (Å²) < 4.78 is 5.34. The Balaban J connectivity index is 2.97. The van der Waals surface area contributed by atoms with Crippen LogP contribution in [0.5, 0.6) is 0 Å². The van der Waals surface area contributed by atoms with Gasteiger partial charge >= 0.3 is 0 Å². The Bertz CT molecular complexity index is 84.7. The molecule has 0 unspecified atom stereocenters. The van der Waals surface area contributed by atoms with E-state index in [4.69, 9.17) is 4.74 Å². The Labute approximate surface area is 64.1 Å². The summed E-state index contributed by atoms with van der Waals surface area (Å²) in [6, 6.07) is 0. The molecule has 0 rings (SSSR count). The van der Waals surface area contributed by atoms with Gasteiger partial charge in [-0.25, -0.2) is 0 Å². The van der Waals surface area contributed by atoms with Crippen LogP contribution in [0.25, 0.3) is 0 Å². The molecule has 0 spiro atoms. The second kappa shape index (κ2) is 6.81. The summed E-state index contributed by atoms with van der Waals surface area (Å²) in [5, 5.41) is 0. The van der Waals surface area contributed by atoms with Gasteiger partial charge in [0.25, 0.3) is 0 Å². The second-order valence-corrected chi connectivity index (χ2v) is 2.59. The van der Waals surface area contributed by atoms with Gasteiger partial charge in [-0.1, -0.05) is 19.1 Å². The molecule has 0 N–H and O–H groups in total. The minimum absolute atomic E-state index is 0.370. The predicted molar refractivity (Wildman–Crippen MR) is 45.1 cm³/mol. The van der Waals surface area contributed by atoms with Crippen LogP contribution in [0.4, 0.5) is 0 Å². The number of hydrogen-bond donors (Lipinski definition) is 0. The molecule has 1 nitrogen and oxygen atoms in total. The Morgan fingerprint density at radius 3 is 2.50 bits per heavy atom. The SMILES string of the molecule is CC/C=C/CCOC(C)C. The summed E-state index contributed by atoms with van der Waals surface area (Å²) in [6.45, 7) is 7.11. The van der Waals surface area contributed by atoms with Gasteiger partial charge in [0.15, 0.2) is 0 Å². The normalized spacial score (nSPS) is 11.6. The molecular formula is C9H18O. The van der Waals surface area contributed by atoms with Crippen molar-refractivity contribution in [2.45, 2.75) is 39.7 Å². The van der Waals surface area contributed by atoms with Crippen LogP contribution in [0.3, 0.4) is 0 Å². The molecule has 0 fully saturated rings. The fraction of sp³-hybridized carbons (Fsp3) is 0.778. The van der Waals surface area contributed by atoms with E-state index in [9.17, 15) is 0 Å². The second-order valence-electron chi connectivity index (χ2n) is 2.59. The molecule has 0 bridgehead atoms. The lowest BCUT2D eigenvalue weighted by atomic mass is 10.3. The molecule has 0 saturated heterocycles. The molecule has 0 aromatic heterocycles. The summed E-state index contributed by atoms with van der Waals surface area (Å²) in [6.07, 6.45) is 6.88. The molecule has 0 saturated carbocycles. The van der Waals surface area contributed by atoms with Gasteiger partial charge in [0, 0.05) is 0 Å². The highest BCUT2D eigenvalue weighted by Crippen LogP contribution is 1.91. The molecule has 0 aromatic rings. The third-order valence-corrected chi connectivity index (χ3v) is 1.14. The summed E-state index contributed by atoms with van der Waals surface area (Å²) in [5.74, 6) is 0. The van der Waals surface area contributed by atoms with Crippen LogP contribution in [0.1, 0.15) is 33.6 Å². The first kappa shape index (κ1) is 9.70. The maximum absolute atomic E-state index is 5.34. The van der Waals surface area contributed by atoms with Gasteiger partial charge in [-0.05, 0) is 26.7 Å². The van der Waals surface area contributed by atoms with Crippen molar-refractivity contribution >= 4 is 0 Å². The summed E-state index contributed by atoms with van der Waals surface area (Å²) >= 11 is 0. The van der Waals surface area contributed by atoms with E-state index in [-0.39, 0.29) is 0 Å². The van der Waals surface area contributed by atoms with E-state index < -0.39 is 0 Å².